The number of rotatable bonds is 8. The van der Waals surface area contributed by atoms with Crippen molar-refractivity contribution in [2.45, 2.75) is 71.3 Å². The Bertz CT molecular complexity index is 314. The van der Waals surface area contributed by atoms with Crippen LogP contribution in [0.2, 0.25) is 0 Å². The number of carbonyl (C=O) groups excluding carboxylic acids is 2. The molecule has 0 aliphatic heterocycles. The second-order valence-electron chi connectivity index (χ2n) is 5.43. The fourth-order valence-electron chi connectivity index (χ4n) is 2.41. The molecule has 3 nitrogen and oxygen atoms in total. The van der Waals surface area contributed by atoms with E-state index in [-0.39, 0.29) is 23.8 Å². The third kappa shape index (κ3) is 6.55. The van der Waals surface area contributed by atoms with E-state index in [4.69, 9.17) is 4.74 Å². The molecule has 0 aromatic carbocycles. The molecule has 0 aromatic rings. The van der Waals surface area contributed by atoms with Crippen molar-refractivity contribution in [3.05, 3.63) is 12.2 Å². The van der Waals surface area contributed by atoms with Gasteiger partial charge >= 0.3 is 5.97 Å². The molecule has 1 unspecified atom stereocenters. The normalized spacial score (nSPS) is 17.8. The standard InChI is InChI=1S/C16H26O3/c1-3-4-5-6-11-15(12-13(2)17)19-16(18)14-9-7-8-10-14/h6,11,14-15H,3-5,7-10,12H2,1-2H3. The van der Waals surface area contributed by atoms with Crippen molar-refractivity contribution >= 4 is 11.8 Å². The largest absolute Gasteiger partial charge is 0.457 e. The first-order chi connectivity index (χ1) is 9.13. The van der Waals surface area contributed by atoms with E-state index in [1.807, 2.05) is 12.2 Å². The maximum atomic E-state index is 12.0. The lowest BCUT2D eigenvalue weighted by molar-refractivity contribution is -0.152. The fraction of sp³-hybridized carbons (Fsp3) is 0.750. The van der Waals surface area contributed by atoms with E-state index in [9.17, 15) is 9.59 Å². The third-order valence-electron chi connectivity index (χ3n) is 3.52. The fourth-order valence-corrected chi connectivity index (χ4v) is 2.41. The van der Waals surface area contributed by atoms with Crippen LogP contribution in [-0.4, -0.2) is 17.9 Å². The van der Waals surface area contributed by atoms with Crippen LogP contribution in [0.4, 0.5) is 0 Å². The van der Waals surface area contributed by atoms with Crippen LogP contribution < -0.4 is 0 Å². The quantitative estimate of drug-likeness (QED) is 0.381. The zero-order chi connectivity index (χ0) is 14.1. The van der Waals surface area contributed by atoms with Crippen LogP contribution in [0.1, 0.15) is 65.2 Å². The smallest absolute Gasteiger partial charge is 0.309 e. The number of ether oxygens (including phenoxy) is 1. The minimum atomic E-state index is -0.373. The molecule has 0 radical (unpaired) electrons. The van der Waals surface area contributed by atoms with Crippen molar-refractivity contribution in [3.8, 4) is 0 Å². The molecule has 19 heavy (non-hydrogen) atoms. The summed E-state index contributed by atoms with van der Waals surface area (Å²) in [6.45, 7) is 3.68. The van der Waals surface area contributed by atoms with Gasteiger partial charge in [-0.05, 0) is 32.3 Å². The molecule has 0 N–H and O–H groups in total. The SMILES string of the molecule is CCCCC=CC(CC(C)=O)OC(=O)C1CCCC1. The highest BCUT2D eigenvalue weighted by Crippen LogP contribution is 2.26. The van der Waals surface area contributed by atoms with Gasteiger partial charge in [-0.15, -0.1) is 0 Å². The van der Waals surface area contributed by atoms with Crippen LogP contribution in [0.25, 0.3) is 0 Å². The van der Waals surface area contributed by atoms with Crippen LogP contribution in [0.3, 0.4) is 0 Å². The summed E-state index contributed by atoms with van der Waals surface area (Å²) in [5.74, 6) is -0.00763. The number of Topliss-reactive ketones (excluding diaryl/α,β-unsaturated/α-hetero) is 1. The van der Waals surface area contributed by atoms with Gasteiger partial charge in [-0.2, -0.15) is 0 Å². The molecule has 3 heteroatoms. The van der Waals surface area contributed by atoms with E-state index in [0.717, 1.165) is 44.9 Å². The number of hydrogen-bond donors (Lipinski definition) is 0. The highest BCUT2D eigenvalue weighted by molar-refractivity contribution is 5.77. The van der Waals surface area contributed by atoms with Crippen molar-refractivity contribution in [3.63, 3.8) is 0 Å². The lowest BCUT2D eigenvalue weighted by atomic mass is 10.1. The Morgan fingerprint density at radius 1 is 1.32 bits per heavy atom. The summed E-state index contributed by atoms with van der Waals surface area (Å²) in [5.41, 5.74) is 0. The minimum Gasteiger partial charge on any atom is -0.457 e. The molecule has 0 bridgehead atoms. The van der Waals surface area contributed by atoms with Gasteiger partial charge in [-0.1, -0.05) is 38.7 Å². The Morgan fingerprint density at radius 3 is 2.58 bits per heavy atom. The maximum Gasteiger partial charge on any atom is 0.309 e. The summed E-state index contributed by atoms with van der Waals surface area (Å²) >= 11 is 0. The number of esters is 1. The predicted molar refractivity (Wildman–Crippen MR) is 75.8 cm³/mol. The first-order valence-corrected chi connectivity index (χ1v) is 7.50. The predicted octanol–water partition coefficient (Wildman–Crippen LogP) is 3.81. The second kappa shape index (κ2) is 8.89. The maximum absolute atomic E-state index is 12.0. The summed E-state index contributed by atoms with van der Waals surface area (Å²) < 4.78 is 5.48. The molecule has 1 aliphatic carbocycles. The number of hydrogen-bond acceptors (Lipinski definition) is 3. The van der Waals surface area contributed by atoms with Crippen LogP contribution in [0.15, 0.2) is 12.2 Å². The van der Waals surface area contributed by atoms with Crippen LogP contribution >= 0.6 is 0 Å². The summed E-state index contributed by atoms with van der Waals surface area (Å²) in [5, 5.41) is 0. The summed E-state index contributed by atoms with van der Waals surface area (Å²) in [6.07, 6.45) is 11.2. The minimum absolute atomic E-state index is 0.0542. The lowest BCUT2D eigenvalue weighted by Gasteiger charge is -2.16. The Labute approximate surface area is 116 Å². The Balaban J connectivity index is 2.45. The van der Waals surface area contributed by atoms with Crippen molar-refractivity contribution in [2.24, 2.45) is 5.92 Å². The monoisotopic (exact) mass is 266 g/mol. The molecular weight excluding hydrogens is 240 g/mol. The van der Waals surface area contributed by atoms with Crippen LogP contribution in [-0.2, 0) is 14.3 Å². The van der Waals surface area contributed by atoms with Gasteiger partial charge in [0.05, 0.1) is 5.92 Å². The van der Waals surface area contributed by atoms with Gasteiger partial charge in [0.25, 0.3) is 0 Å². The van der Waals surface area contributed by atoms with Crippen molar-refractivity contribution in [1.82, 2.24) is 0 Å². The van der Waals surface area contributed by atoms with Gasteiger partial charge in [-0.25, -0.2) is 0 Å². The van der Waals surface area contributed by atoms with Crippen molar-refractivity contribution in [1.29, 1.82) is 0 Å². The highest BCUT2D eigenvalue weighted by atomic mass is 16.5. The van der Waals surface area contributed by atoms with E-state index in [0.29, 0.717) is 6.42 Å². The van der Waals surface area contributed by atoms with Gasteiger partial charge in [-0.3, -0.25) is 9.59 Å². The van der Waals surface area contributed by atoms with Gasteiger partial charge in [0.2, 0.25) is 0 Å². The first-order valence-electron chi connectivity index (χ1n) is 7.50. The van der Waals surface area contributed by atoms with E-state index < -0.39 is 0 Å². The Hall–Kier alpha value is -1.12. The molecule has 0 amide bonds. The van der Waals surface area contributed by atoms with E-state index in [2.05, 4.69) is 6.92 Å². The van der Waals surface area contributed by atoms with Crippen molar-refractivity contribution < 1.29 is 14.3 Å². The number of allylic oxidation sites excluding steroid dienone is 1. The summed E-state index contributed by atoms with van der Waals surface area (Å²) in [4.78, 5) is 23.2. The molecule has 0 heterocycles. The van der Waals surface area contributed by atoms with E-state index in [1.165, 1.54) is 6.92 Å². The van der Waals surface area contributed by atoms with Gasteiger partial charge in [0.1, 0.15) is 11.9 Å². The molecule has 0 saturated heterocycles. The van der Waals surface area contributed by atoms with E-state index in [1.54, 1.807) is 0 Å². The zero-order valence-electron chi connectivity index (χ0n) is 12.2. The molecule has 1 aliphatic rings. The summed E-state index contributed by atoms with van der Waals surface area (Å²) in [7, 11) is 0. The van der Waals surface area contributed by atoms with Gasteiger partial charge < -0.3 is 4.74 Å². The number of ketones is 1. The summed E-state index contributed by atoms with van der Waals surface area (Å²) in [6, 6.07) is 0. The average Bonchev–Trinajstić information content (AvgIpc) is 2.87. The highest BCUT2D eigenvalue weighted by Gasteiger charge is 2.26. The first kappa shape index (κ1) is 15.9. The molecule has 0 spiro atoms. The average molecular weight is 266 g/mol. The Kier molecular flexibility index (Phi) is 7.46. The molecule has 108 valence electrons. The van der Waals surface area contributed by atoms with Crippen LogP contribution in [0.5, 0.6) is 0 Å². The lowest BCUT2D eigenvalue weighted by Crippen LogP contribution is -2.23. The molecule has 1 fully saturated rings. The second-order valence-corrected chi connectivity index (χ2v) is 5.43. The molecule has 1 atom stereocenters. The molecular formula is C16H26O3. The molecule has 1 rings (SSSR count). The van der Waals surface area contributed by atoms with Gasteiger partial charge in [0, 0.05) is 6.42 Å². The topological polar surface area (TPSA) is 43.4 Å². The number of carbonyl (C=O) groups is 2. The van der Waals surface area contributed by atoms with Crippen molar-refractivity contribution in [2.75, 3.05) is 0 Å². The Morgan fingerprint density at radius 2 is 2.00 bits per heavy atom. The zero-order valence-corrected chi connectivity index (χ0v) is 12.2. The van der Waals surface area contributed by atoms with Gasteiger partial charge in [0.15, 0.2) is 0 Å². The van der Waals surface area contributed by atoms with E-state index >= 15 is 0 Å². The number of unbranched alkanes of at least 4 members (excludes halogenated alkanes) is 2. The molecule has 1 saturated carbocycles. The van der Waals surface area contributed by atoms with Crippen LogP contribution in [0, 0.1) is 5.92 Å². The third-order valence-corrected chi connectivity index (χ3v) is 3.52. The molecule has 0 aromatic heterocycles.